The second kappa shape index (κ2) is 5.06. The summed E-state index contributed by atoms with van der Waals surface area (Å²) in [5.41, 5.74) is 0.957. The zero-order valence-electron chi connectivity index (χ0n) is 9.00. The van der Waals surface area contributed by atoms with E-state index in [1.54, 1.807) is 0 Å². The van der Waals surface area contributed by atoms with Gasteiger partial charge in [0.25, 0.3) is 0 Å². The van der Waals surface area contributed by atoms with Gasteiger partial charge in [0.2, 0.25) is 0 Å². The van der Waals surface area contributed by atoms with Gasteiger partial charge in [-0.3, -0.25) is 4.39 Å². The van der Waals surface area contributed by atoms with Crippen LogP contribution in [0.5, 0.6) is 0 Å². The molecule has 0 fully saturated rings. The third kappa shape index (κ3) is 2.38. The number of halogens is 2. The average Bonchev–Trinajstić information content (AvgIpc) is 2.30. The summed E-state index contributed by atoms with van der Waals surface area (Å²) in [6.45, 7) is -0.591. The van der Waals surface area contributed by atoms with Crippen molar-refractivity contribution < 1.29 is 8.78 Å². The fraction of sp³-hybridized carbons (Fsp3) is 0.286. The number of benzene rings is 2. The first kappa shape index (κ1) is 11.1. The van der Waals surface area contributed by atoms with E-state index >= 15 is 0 Å². The molecule has 0 bridgehead atoms. The van der Waals surface area contributed by atoms with Gasteiger partial charge in [-0.2, -0.15) is 0 Å². The van der Waals surface area contributed by atoms with Crippen molar-refractivity contribution in [2.24, 2.45) is 0 Å². The molecule has 2 rings (SSSR count). The molecule has 0 nitrogen and oxygen atoms in total. The first-order valence-electron chi connectivity index (χ1n) is 5.48. The van der Waals surface area contributed by atoms with Gasteiger partial charge in [0.1, 0.15) is 6.17 Å². The predicted octanol–water partition coefficient (Wildman–Crippen LogP) is 4.08. The normalized spacial score (nSPS) is 12.9. The van der Waals surface area contributed by atoms with Crippen LogP contribution in [0.1, 0.15) is 12.0 Å². The van der Waals surface area contributed by atoms with Crippen LogP contribution < -0.4 is 0 Å². The summed E-state index contributed by atoms with van der Waals surface area (Å²) >= 11 is 0. The van der Waals surface area contributed by atoms with Crippen molar-refractivity contribution in [1.29, 1.82) is 0 Å². The second-order valence-electron chi connectivity index (χ2n) is 3.92. The van der Waals surface area contributed by atoms with Crippen molar-refractivity contribution in [3.05, 3.63) is 48.0 Å². The minimum atomic E-state index is -1.09. The molecule has 0 radical (unpaired) electrons. The smallest absolute Gasteiger partial charge is 0.107 e. The van der Waals surface area contributed by atoms with E-state index in [2.05, 4.69) is 0 Å². The maximum absolute atomic E-state index is 13.4. The Morgan fingerprint density at radius 3 is 2.56 bits per heavy atom. The summed E-state index contributed by atoms with van der Waals surface area (Å²) in [5, 5.41) is 2.17. The fourth-order valence-electron chi connectivity index (χ4n) is 1.93. The van der Waals surface area contributed by atoms with Crippen molar-refractivity contribution in [3.63, 3.8) is 0 Å². The maximum atomic E-state index is 13.4. The van der Waals surface area contributed by atoms with Gasteiger partial charge in [0.15, 0.2) is 0 Å². The van der Waals surface area contributed by atoms with Crippen LogP contribution in [0.2, 0.25) is 0 Å². The number of fused-ring (bicyclic) bond motifs is 1. The maximum Gasteiger partial charge on any atom is 0.107 e. The van der Waals surface area contributed by atoms with Gasteiger partial charge in [0, 0.05) is 12.8 Å². The Kier molecular flexibility index (Phi) is 3.50. The molecule has 84 valence electrons. The van der Waals surface area contributed by atoms with Crippen LogP contribution in [-0.2, 0) is 6.42 Å². The number of rotatable bonds is 4. The molecule has 0 aliphatic rings. The summed E-state index contributed by atoms with van der Waals surface area (Å²) in [4.78, 5) is 0. The molecular formula is C14H14F2. The number of hydrogen-bond acceptors (Lipinski definition) is 0. The SMILES string of the molecule is FCCC(F)Cc1cccc2ccccc12. The second-order valence-corrected chi connectivity index (χ2v) is 3.92. The summed E-state index contributed by atoms with van der Waals surface area (Å²) in [5.74, 6) is 0. The van der Waals surface area contributed by atoms with E-state index in [-0.39, 0.29) is 6.42 Å². The highest BCUT2D eigenvalue weighted by atomic mass is 19.1. The first-order chi connectivity index (χ1) is 7.81. The minimum Gasteiger partial charge on any atom is -0.251 e. The van der Waals surface area contributed by atoms with E-state index < -0.39 is 12.8 Å². The third-order valence-corrected chi connectivity index (χ3v) is 2.74. The molecule has 1 atom stereocenters. The van der Waals surface area contributed by atoms with Crippen molar-refractivity contribution in [3.8, 4) is 0 Å². The van der Waals surface area contributed by atoms with Gasteiger partial charge in [0.05, 0.1) is 6.67 Å². The lowest BCUT2D eigenvalue weighted by molar-refractivity contribution is 0.282. The van der Waals surface area contributed by atoms with Crippen molar-refractivity contribution in [1.82, 2.24) is 0 Å². The standard InChI is InChI=1S/C14H14F2/c15-9-8-13(16)10-12-6-3-5-11-4-1-2-7-14(11)12/h1-7,13H,8-10H2. The van der Waals surface area contributed by atoms with Crippen LogP contribution in [0.15, 0.2) is 42.5 Å². The topological polar surface area (TPSA) is 0 Å². The quantitative estimate of drug-likeness (QED) is 0.728. The molecule has 0 spiro atoms. The lowest BCUT2D eigenvalue weighted by atomic mass is 9.99. The number of hydrogen-bond donors (Lipinski definition) is 0. The predicted molar refractivity (Wildman–Crippen MR) is 63.1 cm³/mol. The zero-order valence-corrected chi connectivity index (χ0v) is 9.00. The molecular weight excluding hydrogens is 206 g/mol. The van der Waals surface area contributed by atoms with Crippen LogP contribution in [0.4, 0.5) is 8.78 Å². The summed E-state index contributed by atoms with van der Waals surface area (Å²) in [6, 6.07) is 13.7. The molecule has 1 unspecified atom stereocenters. The largest absolute Gasteiger partial charge is 0.251 e. The molecule has 0 aliphatic carbocycles. The molecule has 2 aromatic carbocycles. The molecule has 0 aromatic heterocycles. The van der Waals surface area contributed by atoms with E-state index in [0.717, 1.165) is 16.3 Å². The van der Waals surface area contributed by atoms with E-state index in [9.17, 15) is 8.78 Å². The fourth-order valence-corrected chi connectivity index (χ4v) is 1.93. The van der Waals surface area contributed by atoms with Gasteiger partial charge in [-0.15, -0.1) is 0 Å². The Balaban J connectivity index is 2.30. The van der Waals surface area contributed by atoms with E-state index in [0.29, 0.717) is 6.42 Å². The zero-order chi connectivity index (χ0) is 11.4. The Morgan fingerprint density at radius 1 is 1.00 bits per heavy atom. The highest BCUT2D eigenvalue weighted by Gasteiger charge is 2.09. The van der Waals surface area contributed by atoms with Gasteiger partial charge < -0.3 is 0 Å². The molecule has 2 heteroatoms. The Morgan fingerprint density at radius 2 is 1.75 bits per heavy atom. The lowest BCUT2D eigenvalue weighted by Crippen LogP contribution is -2.05. The summed E-state index contributed by atoms with van der Waals surface area (Å²) in [6.07, 6.45) is -0.801. The first-order valence-corrected chi connectivity index (χ1v) is 5.48. The Bertz CT molecular complexity index is 460. The highest BCUT2D eigenvalue weighted by molar-refractivity contribution is 5.85. The van der Waals surface area contributed by atoms with Crippen LogP contribution in [0, 0.1) is 0 Å². The Hall–Kier alpha value is -1.44. The van der Waals surface area contributed by atoms with Crippen molar-refractivity contribution >= 4 is 10.8 Å². The van der Waals surface area contributed by atoms with Crippen molar-refractivity contribution in [2.45, 2.75) is 19.0 Å². The van der Waals surface area contributed by atoms with Crippen LogP contribution >= 0.6 is 0 Å². The van der Waals surface area contributed by atoms with Crippen molar-refractivity contribution in [2.75, 3.05) is 6.67 Å². The van der Waals surface area contributed by atoms with Crippen LogP contribution in [0.25, 0.3) is 10.8 Å². The minimum absolute atomic E-state index is 0.0107. The highest BCUT2D eigenvalue weighted by Crippen LogP contribution is 2.21. The molecule has 0 amide bonds. The van der Waals surface area contributed by atoms with Gasteiger partial charge in [-0.1, -0.05) is 42.5 Å². The molecule has 0 aliphatic heterocycles. The molecule has 0 saturated carbocycles. The Labute approximate surface area is 93.9 Å². The van der Waals surface area contributed by atoms with E-state index in [1.807, 2.05) is 42.5 Å². The van der Waals surface area contributed by atoms with Gasteiger partial charge in [-0.05, 0) is 16.3 Å². The number of alkyl halides is 2. The monoisotopic (exact) mass is 220 g/mol. The van der Waals surface area contributed by atoms with E-state index in [1.165, 1.54) is 0 Å². The van der Waals surface area contributed by atoms with Gasteiger partial charge in [-0.25, -0.2) is 4.39 Å². The lowest BCUT2D eigenvalue weighted by Gasteiger charge is -2.09. The van der Waals surface area contributed by atoms with Crippen LogP contribution in [-0.4, -0.2) is 12.8 Å². The summed E-state index contributed by atoms with van der Waals surface area (Å²) in [7, 11) is 0. The molecule has 2 aromatic rings. The molecule has 0 saturated heterocycles. The molecule has 0 heterocycles. The summed E-state index contributed by atoms with van der Waals surface area (Å²) < 4.78 is 25.4. The molecule has 16 heavy (non-hydrogen) atoms. The average molecular weight is 220 g/mol. The van der Waals surface area contributed by atoms with E-state index in [4.69, 9.17) is 0 Å². The third-order valence-electron chi connectivity index (χ3n) is 2.74. The van der Waals surface area contributed by atoms with Crippen LogP contribution in [0.3, 0.4) is 0 Å². The van der Waals surface area contributed by atoms with Gasteiger partial charge >= 0.3 is 0 Å². The molecule has 0 N–H and O–H groups in total.